The summed E-state index contributed by atoms with van der Waals surface area (Å²) in [4.78, 5) is 23.7. The minimum absolute atomic E-state index is 0.185. The second-order valence-electron chi connectivity index (χ2n) is 7.70. The van der Waals surface area contributed by atoms with Crippen molar-refractivity contribution in [2.45, 2.75) is 25.4 Å². The standard InChI is InChI=1S/C23H17ClFN3O3/c24-16-2-4-20-13(5-16)9-21(28-20)18-3-1-12(8-19(18)25)15-10-26-23(27-11-15)31-17-6-14(7-17)22(29)30/h1-5,8,10-11,14,17H,6-7,9H2,(H,29,30). The molecule has 6 nitrogen and oxygen atoms in total. The maximum Gasteiger partial charge on any atom is 0.316 e. The molecule has 0 atom stereocenters. The fourth-order valence-electron chi connectivity index (χ4n) is 3.79. The van der Waals surface area contributed by atoms with E-state index in [1.165, 1.54) is 6.07 Å². The highest BCUT2D eigenvalue weighted by atomic mass is 35.5. The molecule has 1 aromatic heterocycles. The van der Waals surface area contributed by atoms with Gasteiger partial charge in [0.25, 0.3) is 0 Å². The third-order valence-corrected chi connectivity index (χ3v) is 5.85. The van der Waals surface area contributed by atoms with Gasteiger partial charge in [-0.05, 0) is 54.3 Å². The third-order valence-electron chi connectivity index (χ3n) is 5.61. The normalized spacial score (nSPS) is 19.4. The first-order valence-corrected chi connectivity index (χ1v) is 10.2. The Bertz CT molecular complexity index is 1210. The number of rotatable bonds is 5. The number of benzene rings is 2. The van der Waals surface area contributed by atoms with Crippen molar-refractivity contribution >= 4 is 29.0 Å². The molecule has 31 heavy (non-hydrogen) atoms. The van der Waals surface area contributed by atoms with Crippen molar-refractivity contribution in [3.63, 3.8) is 0 Å². The zero-order valence-corrected chi connectivity index (χ0v) is 17.0. The van der Waals surface area contributed by atoms with Gasteiger partial charge in [-0.15, -0.1) is 0 Å². The van der Waals surface area contributed by atoms with E-state index in [-0.39, 0.29) is 23.8 Å². The summed E-state index contributed by atoms with van der Waals surface area (Å²) in [6.07, 6.45) is 4.38. The van der Waals surface area contributed by atoms with Crippen molar-refractivity contribution in [3.8, 4) is 17.1 Å². The number of fused-ring (bicyclic) bond motifs is 1. The van der Waals surface area contributed by atoms with E-state index in [1.807, 2.05) is 12.1 Å². The van der Waals surface area contributed by atoms with Crippen LogP contribution in [0.15, 0.2) is 53.8 Å². The number of carboxylic acids is 1. The molecular formula is C23H17ClFN3O3. The number of carboxylic acid groups (broad SMARTS) is 1. The molecule has 8 heteroatoms. The number of aliphatic carboxylic acids is 1. The molecule has 2 aliphatic rings. The SMILES string of the molecule is O=C(O)C1CC(Oc2ncc(-c3ccc(C4=Nc5ccc(Cl)cc5C4)c(F)c3)cn2)C1. The second-order valence-corrected chi connectivity index (χ2v) is 8.14. The highest BCUT2D eigenvalue weighted by Crippen LogP contribution is 2.33. The van der Waals surface area contributed by atoms with Gasteiger partial charge in [-0.25, -0.2) is 14.4 Å². The average Bonchev–Trinajstić information content (AvgIpc) is 3.13. The van der Waals surface area contributed by atoms with E-state index in [1.54, 1.807) is 30.6 Å². The van der Waals surface area contributed by atoms with Crippen molar-refractivity contribution in [1.29, 1.82) is 0 Å². The van der Waals surface area contributed by atoms with E-state index < -0.39 is 5.97 Å². The summed E-state index contributed by atoms with van der Waals surface area (Å²) in [6, 6.07) is 10.6. The van der Waals surface area contributed by atoms with Gasteiger partial charge in [0, 0.05) is 35.0 Å². The Kier molecular flexibility index (Phi) is 4.90. The first-order chi connectivity index (χ1) is 15.0. The Morgan fingerprint density at radius 1 is 1.10 bits per heavy atom. The monoisotopic (exact) mass is 437 g/mol. The molecule has 3 aromatic rings. The van der Waals surface area contributed by atoms with Crippen LogP contribution in [0.5, 0.6) is 6.01 Å². The molecule has 0 amide bonds. The van der Waals surface area contributed by atoms with Crippen molar-refractivity contribution in [2.24, 2.45) is 10.9 Å². The van der Waals surface area contributed by atoms with Crippen LogP contribution in [0, 0.1) is 11.7 Å². The van der Waals surface area contributed by atoms with Crippen LogP contribution in [0.1, 0.15) is 24.0 Å². The molecule has 0 spiro atoms. The lowest BCUT2D eigenvalue weighted by Gasteiger charge is -2.31. The third kappa shape index (κ3) is 3.88. The second kappa shape index (κ2) is 7.74. The molecule has 156 valence electrons. The number of hydrogen-bond acceptors (Lipinski definition) is 5. The van der Waals surface area contributed by atoms with Crippen LogP contribution in [-0.2, 0) is 11.2 Å². The first kappa shape index (κ1) is 19.6. The van der Waals surface area contributed by atoms with E-state index in [9.17, 15) is 9.18 Å². The molecule has 0 bridgehead atoms. The van der Waals surface area contributed by atoms with E-state index in [4.69, 9.17) is 21.4 Å². The van der Waals surface area contributed by atoms with Gasteiger partial charge in [0.05, 0.1) is 17.3 Å². The lowest BCUT2D eigenvalue weighted by atomic mass is 9.82. The van der Waals surface area contributed by atoms with Crippen molar-refractivity contribution in [1.82, 2.24) is 9.97 Å². The minimum atomic E-state index is -0.808. The van der Waals surface area contributed by atoms with E-state index in [0.717, 1.165) is 11.3 Å². The number of aromatic nitrogens is 2. The van der Waals surface area contributed by atoms with Gasteiger partial charge in [-0.3, -0.25) is 9.79 Å². The zero-order valence-electron chi connectivity index (χ0n) is 16.3. The molecule has 1 aliphatic carbocycles. The van der Waals surface area contributed by atoms with Gasteiger partial charge in [-0.2, -0.15) is 0 Å². The summed E-state index contributed by atoms with van der Waals surface area (Å²) in [5.41, 5.74) is 4.21. The number of ether oxygens (including phenoxy) is 1. The molecule has 0 saturated heterocycles. The fraction of sp³-hybridized carbons (Fsp3) is 0.217. The summed E-state index contributed by atoms with van der Waals surface area (Å²) in [7, 11) is 0. The van der Waals surface area contributed by atoms with E-state index >= 15 is 0 Å². The van der Waals surface area contributed by atoms with Crippen molar-refractivity contribution < 1.29 is 19.0 Å². The first-order valence-electron chi connectivity index (χ1n) is 9.84. The minimum Gasteiger partial charge on any atom is -0.481 e. The van der Waals surface area contributed by atoms with Crippen molar-refractivity contribution in [2.75, 3.05) is 0 Å². The van der Waals surface area contributed by atoms with Gasteiger partial charge in [0.1, 0.15) is 11.9 Å². The van der Waals surface area contributed by atoms with Gasteiger partial charge in [0.15, 0.2) is 0 Å². The Morgan fingerprint density at radius 3 is 2.58 bits per heavy atom. The number of aliphatic imine (C=N–C) groups is 1. The van der Waals surface area contributed by atoms with E-state index in [0.29, 0.717) is 46.7 Å². The van der Waals surface area contributed by atoms with Crippen LogP contribution in [0.2, 0.25) is 5.02 Å². The van der Waals surface area contributed by atoms with Gasteiger partial charge < -0.3 is 9.84 Å². The molecule has 1 fully saturated rings. The predicted molar refractivity (Wildman–Crippen MR) is 114 cm³/mol. The van der Waals surface area contributed by atoms with Crippen LogP contribution < -0.4 is 4.74 Å². The van der Waals surface area contributed by atoms with Crippen LogP contribution in [-0.4, -0.2) is 32.9 Å². The van der Waals surface area contributed by atoms with Crippen molar-refractivity contribution in [3.05, 3.63) is 70.8 Å². The summed E-state index contributed by atoms with van der Waals surface area (Å²) in [5, 5.41) is 9.55. The van der Waals surface area contributed by atoms with Crippen LogP contribution in [0.4, 0.5) is 10.1 Å². The molecule has 1 N–H and O–H groups in total. The molecule has 5 rings (SSSR count). The lowest BCUT2D eigenvalue weighted by molar-refractivity contribution is -0.148. The number of nitrogens with zero attached hydrogens (tertiary/aromatic N) is 3. The Hall–Kier alpha value is -3.32. The molecule has 1 aliphatic heterocycles. The van der Waals surface area contributed by atoms with Gasteiger partial charge >= 0.3 is 12.0 Å². The average molecular weight is 438 g/mol. The smallest absolute Gasteiger partial charge is 0.316 e. The topological polar surface area (TPSA) is 84.7 Å². The highest BCUT2D eigenvalue weighted by molar-refractivity contribution is 6.30. The molecule has 2 aromatic carbocycles. The molecule has 1 saturated carbocycles. The largest absolute Gasteiger partial charge is 0.481 e. The van der Waals surface area contributed by atoms with Gasteiger partial charge in [0.2, 0.25) is 0 Å². The summed E-state index contributed by atoms with van der Waals surface area (Å²) >= 11 is 6.04. The summed E-state index contributed by atoms with van der Waals surface area (Å²) < 4.78 is 20.5. The molecule has 0 radical (unpaired) electrons. The van der Waals surface area contributed by atoms with Crippen LogP contribution in [0.3, 0.4) is 0 Å². The Labute approximate surface area is 182 Å². The maximum atomic E-state index is 14.9. The Morgan fingerprint density at radius 2 is 1.87 bits per heavy atom. The summed E-state index contributed by atoms with van der Waals surface area (Å²) in [6.45, 7) is 0. The van der Waals surface area contributed by atoms with Crippen LogP contribution in [0.25, 0.3) is 11.1 Å². The maximum absolute atomic E-state index is 14.9. The zero-order chi connectivity index (χ0) is 21.5. The number of carbonyl (C=O) groups is 1. The van der Waals surface area contributed by atoms with Crippen LogP contribution >= 0.6 is 11.6 Å². The molecular weight excluding hydrogens is 421 g/mol. The number of hydrogen-bond donors (Lipinski definition) is 1. The molecule has 0 unspecified atom stereocenters. The summed E-state index contributed by atoms with van der Waals surface area (Å²) in [5.74, 6) is -1.54. The fourth-order valence-corrected chi connectivity index (χ4v) is 3.99. The highest BCUT2D eigenvalue weighted by Gasteiger charge is 2.36. The van der Waals surface area contributed by atoms with Gasteiger partial charge in [-0.1, -0.05) is 17.7 Å². The van der Waals surface area contributed by atoms with E-state index in [2.05, 4.69) is 15.0 Å². The number of halogens is 2. The Balaban J connectivity index is 1.29. The predicted octanol–water partition coefficient (Wildman–Crippen LogP) is 4.86. The quantitative estimate of drug-likeness (QED) is 0.616. The lowest BCUT2D eigenvalue weighted by Crippen LogP contribution is -2.38. The molecule has 2 heterocycles.